The predicted molar refractivity (Wildman–Crippen MR) is 111 cm³/mol. The van der Waals surface area contributed by atoms with Crippen molar-refractivity contribution in [3.8, 4) is 11.4 Å². The number of furan rings is 1. The minimum absolute atomic E-state index is 0.138. The summed E-state index contributed by atoms with van der Waals surface area (Å²) in [6, 6.07) is 7.70. The van der Waals surface area contributed by atoms with Crippen LogP contribution in [0.2, 0.25) is 0 Å². The normalized spacial score (nSPS) is 13.1. The van der Waals surface area contributed by atoms with Crippen molar-refractivity contribution in [1.29, 1.82) is 0 Å². The Morgan fingerprint density at radius 2 is 2.03 bits per heavy atom. The molecule has 0 fully saturated rings. The number of hydrogen-bond donors (Lipinski definition) is 1. The van der Waals surface area contributed by atoms with Crippen molar-refractivity contribution in [2.75, 3.05) is 0 Å². The van der Waals surface area contributed by atoms with E-state index in [0.717, 1.165) is 16.9 Å². The lowest BCUT2D eigenvalue weighted by Crippen LogP contribution is -2.33. The third-order valence-corrected chi connectivity index (χ3v) is 5.59. The number of nitrogens with zero attached hydrogens (tertiary/aromatic N) is 3. The first-order valence-corrected chi connectivity index (χ1v) is 10.1. The molecule has 0 aliphatic rings. The summed E-state index contributed by atoms with van der Waals surface area (Å²) in [5.41, 5.74) is 1.69. The summed E-state index contributed by atoms with van der Waals surface area (Å²) >= 11 is 1.32. The van der Waals surface area contributed by atoms with Crippen molar-refractivity contribution in [1.82, 2.24) is 20.1 Å². The van der Waals surface area contributed by atoms with Crippen molar-refractivity contribution in [3.63, 3.8) is 0 Å². The zero-order chi connectivity index (χ0) is 21.0. The summed E-state index contributed by atoms with van der Waals surface area (Å²) in [6.07, 6.45) is 3.37. The van der Waals surface area contributed by atoms with E-state index >= 15 is 0 Å². The average molecular weight is 415 g/mol. The van der Waals surface area contributed by atoms with Gasteiger partial charge in [-0.05, 0) is 44.5 Å². The van der Waals surface area contributed by atoms with E-state index in [9.17, 15) is 9.18 Å². The van der Waals surface area contributed by atoms with Crippen LogP contribution in [0.15, 0.2) is 58.8 Å². The third-order valence-electron chi connectivity index (χ3n) is 4.51. The molecule has 0 aliphatic carbocycles. The molecular weight excluding hydrogens is 391 g/mol. The molecule has 0 aliphatic heterocycles. The molecule has 0 saturated carbocycles. The molecule has 3 aromatic rings. The minimum atomic E-state index is -0.399. The number of benzene rings is 1. The van der Waals surface area contributed by atoms with Crippen LogP contribution in [0.3, 0.4) is 0 Å². The lowest BCUT2D eigenvalue weighted by atomic mass is 10.1. The van der Waals surface area contributed by atoms with Crippen LogP contribution in [0.5, 0.6) is 0 Å². The first-order valence-electron chi connectivity index (χ1n) is 9.21. The van der Waals surface area contributed by atoms with Gasteiger partial charge in [-0.25, -0.2) is 4.39 Å². The Morgan fingerprint density at radius 3 is 2.66 bits per heavy atom. The van der Waals surface area contributed by atoms with Crippen LogP contribution in [-0.2, 0) is 11.3 Å². The van der Waals surface area contributed by atoms with Crippen molar-refractivity contribution in [2.45, 2.75) is 43.8 Å². The largest absolute Gasteiger partial charge is 0.469 e. The van der Waals surface area contributed by atoms with Gasteiger partial charge in [-0.2, -0.15) is 0 Å². The Morgan fingerprint density at radius 1 is 1.31 bits per heavy atom. The quantitative estimate of drug-likeness (QED) is 0.433. The number of rotatable bonds is 8. The van der Waals surface area contributed by atoms with Crippen LogP contribution < -0.4 is 5.32 Å². The molecule has 3 rings (SSSR count). The van der Waals surface area contributed by atoms with Gasteiger partial charge in [-0.1, -0.05) is 30.0 Å². The summed E-state index contributed by atoms with van der Waals surface area (Å²) in [5.74, 6) is 0.978. The molecule has 2 atom stereocenters. The van der Waals surface area contributed by atoms with Gasteiger partial charge in [0.05, 0.1) is 23.1 Å². The highest BCUT2D eigenvalue weighted by atomic mass is 32.2. The fourth-order valence-electron chi connectivity index (χ4n) is 2.86. The maximum Gasteiger partial charge on any atom is 0.233 e. The fourth-order valence-corrected chi connectivity index (χ4v) is 3.73. The van der Waals surface area contributed by atoms with Gasteiger partial charge in [0.15, 0.2) is 11.0 Å². The van der Waals surface area contributed by atoms with Gasteiger partial charge in [-0.15, -0.1) is 16.8 Å². The number of halogens is 1. The van der Waals surface area contributed by atoms with Crippen LogP contribution in [0.1, 0.15) is 31.2 Å². The number of hydrogen-bond acceptors (Lipinski definition) is 5. The number of aromatic nitrogens is 3. The number of amides is 1. The van der Waals surface area contributed by atoms with E-state index in [2.05, 4.69) is 22.1 Å². The molecule has 0 radical (unpaired) electrons. The summed E-state index contributed by atoms with van der Waals surface area (Å²) in [6.45, 7) is 9.85. The number of nitrogens with one attached hydrogen (secondary N) is 1. The summed E-state index contributed by atoms with van der Waals surface area (Å²) in [7, 11) is 0. The minimum Gasteiger partial charge on any atom is -0.469 e. The van der Waals surface area contributed by atoms with E-state index in [0.29, 0.717) is 17.5 Å². The topological polar surface area (TPSA) is 73.0 Å². The first-order chi connectivity index (χ1) is 13.9. The standard InChI is InChI=1S/C21H23FN4O2S/c1-5-11-26-19(18-10-12-28-14(18)3)24-25-21(26)29-15(4)20(27)23-13(2)16-6-8-17(22)9-7-16/h5-10,12-13,15H,1,11H2,2-4H3,(H,23,27)/t13-,15+/m0/s1. The number of aryl methyl sites for hydroxylation is 1. The molecule has 1 aromatic carbocycles. The second-order valence-electron chi connectivity index (χ2n) is 6.64. The smallest absolute Gasteiger partial charge is 0.233 e. The maximum atomic E-state index is 13.1. The molecule has 1 N–H and O–H groups in total. The van der Waals surface area contributed by atoms with Crippen molar-refractivity contribution in [3.05, 3.63) is 66.4 Å². The van der Waals surface area contributed by atoms with Crippen molar-refractivity contribution in [2.24, 2.45) is 0 Å². The highest BCUT2D eigenvalue weighted by molar-refractivity contribution is 8.00. The third kappa shape index (κ3) is 4.76. The van der Waals surface area contributed by atoms with Gasteiger partial charge in [0.1, 0.15) is 11.6 Å². The lowest BCUT2D eigenvalue weighted by Gasteiger charge is -2.18. The van der Waals surface area contributed by atoms with E-state index in [1.54, 1.807) is 24.5 Å². The number of allylic oxidation sites excluding steroid dienone is 1. The first kappa shape index (κ1) is 20.9. The number of carbonyl (C=O) groups excluding carboxylic acids is 1. The van der Waals surface area contributed by atoms with Crippen LogP contribution in [-0.4, -0.2) is 25.9 Å². The second-order valence-corrected chi connectivity index (χ2v) is 7.95. The summed E-state index contributed by atoms with van der Waals surface area (Å²) in [4.78, 5) is 12.7. The number of thioether (sulfide) groups is 1. The van der Waals surface area contributed by atoms with Crippen LogP contribution in [0.25, 0.3) is 11.4 Å². The van der Waals surface area contributed by atoms with Gasteiger partial charge in [-0.3, -0.25) is 9.36 Å². The van der Waals surface area contributed by atoms with Crippen LogP contribution in [0.4, 0.5) is 4.39 Å². The molecule has 0 bridgehead atoms. The Kier molecular flexibility index (Phi) is 6.53. The maximum absolute atomic E-state index is 13.1. The summed E-state index contributed by atoms with van der Waals surface area (Å²) in [5, 5.41) is 11.7. The summed E-state index contributed by atoms with van der Waals surface area (Å²) < 4.78 is 20.4. The van der Waals surface area contributed by atoms with E-state index in [1.165, 1.54) is 23.9 Å². The lowest BCUT2D eigenvalue weighted by molar-refractivity contribution is -0.120. The molecule has 152 valence electrons. The molecule has 1 amide bonds. The average Bonchev–Trinajstić information content (AvgIpc) is 3.28. The van der Waals surface area contributed by atoms with Gasteiger partial charge in [0, 0.05) is 6.54 Å². The number of carbonyl (C=O) groups is 1. The van der Waals surface area contributed by atoms with Crippen molar-refractivity contribution >= 4 is 17.7 Å². The van der Waals surface area contributed by atoms with Crippen molar-refractivity contribution < 1.29 is 13.6 Å². The zero-order valence-electron chi connectivity index (χ0n) is 16.6. The van der Waals surface area contributed by atoms with E-state index in [-0.39, 0.29) is 17.8 Å². The zero-order valence-corrected chi connectivity index (χ0v) is 17.4. The molecule has 29 heavy (non-hydrogen) atoms. The van der Waals surface area contributed by atoms with E-state index in [4.69, 9.17) is 4.42 Å². The van der Waals surface area contributed by atoms with Crippen LogP contribution >= 0.6 is 11.8 Å². The molecular formula is C21H23FN4O2S. The van der Waals surface area contributed by atoms with E-state index in [1.807, 2.05) is 31.4 Å². The molecule has 2 heterocycles. The van der Waals surface area contributed by atoms with Gasteiger partial charge >= 0.3 is 0 Å². The Hall–Kier alpha value is -2.87. The van der Waals surface area contributed by atoms with Gasteiger partial charge < -0.3 is 9.73 Å². The fraction of sp³-hybridized carbons (Fsp3) is 0.286. The Labute approximate surface area is 173 Å². The molecule has 0 saturated heterocycles. The van der Waals surface area contributed by atoms with Gasteiger partial charge in [0.25, 0.3) is 0 Å². The van der Waals surface area contributed by atoms with Crippen LogP contribution in [0, 0.1) is 12.7 Å². The molecule has 0 spiro atoms. The van der Waals surface area contributed by atoms with E-state index < -0.39 is 5.25 Å². The monoisotopic (exact) mass is 414 g/mol. The highest BCUT2D eigenvalue weighted by Crippen LogP contribution is 2.29. The second kappa shape index (κ2) is 9.09. The van der Waals surface area contributed by atoms with Gasteiger partial charge in [0.2, 0.25) is 5.91 Å². The Balaban J connectivity index is 1.72. The molecule has 2 aromatic heterocycles. The predicted octanol–water partition coefficient (Wildman–Crippen LogP) is 4.53. The highest BCUT2D eigenvalue weighted by Gasteiger charge is 2.23. The SMILES string of the molecule is C=CCn1c(S[C@H](C)C(=O)N[C@@H](C)c2ccc(F)cc2)nnc1-c1ccoc1C. The molecule has 6 nitrogen and oxygen atoms in total. The molecule has 0 unspecified atom stereocenters. The Bertz CT molecular complexity index is 997. The molecule has 8 heteroatoms.